The maximum atomic E-state index is 13.8. The number of aliphatic hydroxyl groups is 3. The van der Waals surface area contributed by atoms with E-state index >= 15 is 0 Å². The van der Waals surface area contributed by atoms with Crippen LogP contribution in [0.5, 0.6) is 0 Å². The highest BCUT2D eigenvalue weighted by Crippen LogP contribution is 2.51. The molecule has 4 rings (SSSR count). The third kappa shape index (κ3) is 10.1. The van der Waals surface area contributed by atoms with Crippen LogP contribution in [0.3, 0.4) is 0 Å². The monoisotopic (exact) mass is 718 g/mol. The van der Waals surface area contributed by atoms with Crippen LogP contribution in [0.4, 0.5) is 0 Å². The molecular formula is C34H46N4O11S. The molecule has 0 radical (unpaired) electrons. The number of carboxylic acids is 2. The Balaban J connectivity index is 1.64. The van der Waals surface area contributed by atoms with E-state index in [0.717, 1.165) is 60.8 Å². The number of allylic oxidation sites excluding steroid dienone is 1. The maximum Gasteiger partial charge on any atom is 0.353 e. The van der Waals surface area contributed by atoms with Gasteiger partial charge in [-0.05, 0) is 67.7 Å². The van der Waals surface area contributed by atoms with Crippen LogP contribution in [-0.4, -0.2) is 95.8 Å². The van der Waals surface area contributed by atoms with Crippen molar-refractivity contribution in [3.8, 4) is 0 Å². The number of carbonyl (C=O) groups is 5. The summed E-state index contributed by atoms with van der Waals surface area (Å²) in [7, 11) is 0. The van der Waals surface area contributed by atoms with Crippen LogP contribution in [0.1, 0.15) is 76.2 Å². The number of nitrogens with two attached hydrogens (primary N) is 1. The summed E-state index contributed by atoms with van der Waals surface area (Å²) in [6, 6.07) is 2.51. The van der Waals surface area contributed by atoms with E-state index in [0.29, 0.717) is 31.4 Å². The van der Waals surface area contributed by atoms with E-state index in [4.69, 9.17) is 20.7 Å². The van der Waals surface area contributed by atoms with Gasteiger partial charge in [0.1, 0.15) is 17.7 Å². The van der Waals surface area contributed by atoms with Gasteiger partial charge < -0.3 is 40.9 Å². The molecule has 0 saturated heterocycles. The van der Waals surface area contributed by atoms with E-state index in [1.165, 1.54) is 11.8 Å². The molecule has 1 aromatic rings. The minimum absolute atomic E-state index is 0.0334. The number of nitrogens with zero attached hydrogens (tertiary/aromatic N) is 1. The van der Waals surface area contributed by atoms with Crippen molar-refractivity contribution in [1.82, 2.24) is 15.6 Å². The first-order valence-corrected chi connectivity index (χ1v) is 17.9. The molecule has 3 aliphatic rings. The molecule has 0 aromatic carbocycles. The molecule has 1 aromatic heterocycles. The zero-order valence-corrected chi connectivity index (χ0v) is 28.5. The number of aliphatic hydroxyl groups excluding tert-OH is 2. The molecule has 16 heteroatoms. The first-order chi connectivity index (χ1) is 23.8. The van der Waals surface area contributed by atoms with Crippen molar-refractivity contribution in [3.05, 3.63) is 52.6 Å². The minimum atomic E-state index is -2.69. The van der Waals surface area contributed by atoms with Crippen LogP contribution < -0.4 is 16.4 Å². The summed E-state index contributed by atoms with van der Waals surface area (Å²) in [4.78, 5) is 66.2. The Bertz CT molecular complexity index is 1480. The lowest BCUT2D eigenvalue weighted by Crippen LogP contribution is -2.53. The van der Waals surface area contributed by atoms with Gasteiger partial charge in [-0.25, -0.2) is 9.59 Å². The van der Waals surface area contributed by atoms with Gasteiger partial charge in [-0.15, -0.1) is 11.8 Å². The molecule has 9 N–H and O–H groups in total. The molecule has 274 valence electrons. The van der Waals surface area contributed by atoms with Crippen LogP contribution in [-0.2, 0) is 35.1 Å². The highest BCUT2D eigenvalue weighted by Gasteiger charge is 2.47. The predicted octanol–water partition coefficient (Wildman–Crippen LogP) is 1.11. The molecule has 2 aliphatic carbocycles. The number of rotatable bonds is 16. The lowest BCUT2D eigenvalue weighted by atomic mass is 9.69. The number of ether oxygens (including phenoxy) is 1. The summed E-state index contributed by atoms with van der Waals surface area (Å²) in [5, 5.41) is 51.5. The van der Waals surface area contributed by atoms with Gasteiger partial charge in [0.25, 0.3) is 0 Å². The van der Waals surface area contributed by atoms with E-state index in [1.54, 1.807) is 12.4 Å². The summed E-state index contributed by atoms with van der Waals surface area (Å²) in [5.74, 6) is -5.84. The molecule has 0 spiro atoms. The molecule has 2 amide bonds. The lowest BCUT2D eigenvalue weighted by Gasteiger charge is -2.34. The number of hydrogen-bond donors (Lipinski definition) is 8. The third-order valence-corrected chi connectivity index (χ3v) is 10.7. The number of aromatic nitrogens is 1. The Labute approximate surface area is 293 Å². The Morgan fingerprint density at radius 2 is 1.78 bits per heavy atom. The average Bonchev–Trinajstić information content (AvgIpc) is 3.42. The second-order valence-corrected chi connectivity index (χ2v) is 14.2. The predicted molar refractivity (Wildman–Crippen MR) is 180 cm³/mol. The van der Waals surface area contributed by atoms with E-state index in [2.05, 4.69) is 10.3 Å². The van der Waals surface area contributed by atoms with Crippen molar-refractivity contribution in [2.75, 3.05) is 12.4 Å². The zero-order chi connectivity index (χ0) is 36.4. The third-order valence-electron chi connectivity index (χ3n) is 9.34. The van der Waals surface area contributed by atoms with Crippen LogP contribution in [0.25, 0.3) is 0 Å². The number of hydrogen-bond acceptors (Lipinski definition) is 12. The molecule has 1 aliphatic heterocycles. The van der Waals surface area contributed by atoms with Gasteiger partial charge >= 0.3 is 17.9 Å². The number of carbonyl (C=O) groups excluding carboxylic acids is 3. The van der Waals surface area contributed by atoms with Crippen molar-refractivity contribution in [2.24, 2.45) is 17.6 Å². The van der Waals surface area contributed by atoms with Gasteiger partial charge in [-0.2, -0.15) is 0 Å². The summed E-state index contributed by atoms with van der Waals surface area (Å²) in [5.41, 5.74) is 6.74. The topological polar surface area (TPSA) is 259 Å². The summed E-state index contributed by atoms with van der Waals surface area (Å²) >= 11 is 1.25. The maximum absolute atomic E-state index is 13.8. The van der Waals surface area contributed by atoms with Gasteiger partial charge in [-0.1, -0.05) is 36.8 Å². The fourth-order valence-electron chi connectivity index (χ4n) is 6.77. The smallest absolute Gasteiger partial charge is 0.353 e. The first-order valence-electron chi connectivity index (χ1n) is 16.8. The molecule has 0 unspecified atom stereocenters. The van der Waals surface area contributed by atoms with Crippen molar-refractivity contribution < 1.29 is 54.2 Å². The molecule has 6 atom stereocenters. The minimum Gasteiger partial charge on any atom is -0.478 e. The van der Waals surface area contributed by atoms with Crippen LogP contribution in [0.15, 0.2) is 47.0 Å². The van der Waals surface area contributed by atoms with Gasteiger partial charge in [0.05, 0.1) is 5.25 Å². The molecule has 0 saturated carbocycles. The number of amides is 2. The van der Waals surface area contributed by atoms with Crippen LogP contribution >= 0.6 is 11.8 Å². The normalized spacial score (nSPS) is 23.2. The SMILES string of the molecule is N[C@@](O)(CCC(=O)N[C@@H](CS[C@@H]1CCCCCC[C@H]2CC(Cc3ccncc3)=C(CCCO)[C@H]3C(=O)OC1=C23)C(=O)N[C@@H](O)C(=O)O)C(=O)O. The number of nitrogens with one attached hydrogen (secondary N) is 2. The van der Waals surface area contributed by atoms with Crippen molar-refractivity contribution >= 4 is 41.5 Å². The number of thioether (sulfide) groups is 1. The average molecular weight is 719 g/mol. The fraction of sp³-hybridized carbons (Fsp3) is 0.588. The number of carboxylic acid groups (broad SMARTS) is 2. The molecule has 2 heterocycles. The van der Waals surface area contributed by atoms with Gasteiger partial charge in [0.15, 0.2) is 0 Å². The summed E-state index contributed by atoms with van der Waals surface area (Å²) < 4.78 is 6.11. The Morgan fingerprint density at radius 1 is 1.08 bits per heavy atom. The van der Waals surface area contributed by atoms with E-state index < -0.39 is 65.8 Å². The number of aliphatic carboxylic acids is 2. The quantitative estimate of drug-likeness (QED) is 0.0677. The Hall–Kier alpha value is -3.83. The Kier molecular flexibility index (Phi) is 13.9. The summed E-state index contributed by atoms with van der Waals surface area (Å²) in [6.07, 6.45) is 7.52. The largest absolute Gasteiger partial charge is 0.478 e. The summed E-state index contributed by atoms with van der Waals surface area (Å²) in [6.45, 7) is -0.0335. The Morgan fingerprint density at radius 3 is 2.44 bits per heavy atom. The fourth-order valence-corrected chi connectivity index (χ4v) is 8.10. The second-order valence-electron chi connectivity index (χ2n) is 13.0. The number of esters is 1. The van der Waals surface area contributed by atoms with E-state index in [9.17, 15) is 39.3 Å². The van der Waals surface area contributed by atoms with E-state index in [-0.39, 0.29) is 24.2 Å². The van der Waals surface area contributed by atoms with Crippen molar-refractivity contribution in [3.63, 3.8) is 0 Å². The van der Waals surface area contributed by atoms with E-state index in [1.807, 2.05) is 17.4 Å². The molecule has 15 nitrogen and oxygen atoms in total. The molecule has 0 bridgehead atoms. The van der Waals surface area contributed by atoms with Crippen molar-refractivity contribution in [1.29, 1.82) is 0 Å². The second kappa shape index (κ2) is 17.9. The van der Waals surface area contributed by atoms with Crippen LogP contribution in [0, 0.1) is 11.8 Å². The first kappa shape index (κ1) is 39.0. The van der Waals surface area contributed by atoms with Gasteiger partial charge in [0, 0.05) is 37.6 Å². The standard InChI is InChI=1S/C34H46N4O11S/c35-34(48,33(46)47)12-9-25(40)37-23(29(41)38-30(42)31(43)44)18-50-24-8-4-2-1-3-6-20-17-21(16-19-10-13-36-14-11-19)22(7-5-15-39)27-26(20)28(24)49-32(27)45/h10-11,13-14,20,23-24,27,30,39,42,48H,1-9,12,15-18,35H2,(H,37,40)(H,38,41)(H,43,44)(H,46,47)/t20-,23-,24+,27+,30-,34+/m0/s1. The zero-order valence-electron chi connectivity index (χ0n) is 27.7. The molecular weight excluding hydrogens is 672 g/mol. The lowest BCUT2D eigenvalue weighted by molar-refractivity contribution is -0.159. The van der Waals surface area contributed by atoms with Crippen molar-refractivity contribution in [2.45, 2.75) is 100 Å². The highest BCUT2D eigenvalue weighted by molar-refractivity contribution is 8.00. The highest BCUT2D eigenvalue weighted by atomic mass is 32.2. The van der Waals surface area contributed by atoms with Crippen LogP contribution in [0.2, 0.25) is 0 Å². The van der Waals surface area contributed by atoms with Gasteiger partial charge in [0.2, 0.25) is 23.8 Å². The van der Waals surface area contributed by atoms with Gasteiger partial charge in [-0.3, -0.25) is 25.1 Å². The molecule has 0 fully saturated rings. The molecule has 50 heavy (non-hydrogen) atoms. The number of pyridine rings is 1.